The van der Waals surface area contributed by atoms with E-state index in [1.807, 2.05) is 24.3 Å². The summed E-state index contributed by atoms with van der Waals surface area (Å²) in [7, 11) is 2.05. The molecule has 3 atom stereocenters. The van der Waals surface area contributed by atoms with E-state index >= 15 is 0 Å². The van der Waals surface area contributed by atoms with Crippen molar-refractivity contribution in [3.8, 4) is 11.4 Å². The first-order valence-electron chi connectivity index (χ1n) is 11.3. The summed E-state index contributed by atoms with van der Waals surface area (Å²) in [5.74, 6) is 2.42. The molecule has 1 unspecified atom stereocenters. The highest BCUT2D eigenvalue weighted by Gasteiger charge is 2.34. The van der Waals surface area contributed by atoms with Gasteiger partial charge >= 0.3 is 5.97 Å². The molecule has 1 aliphatic carbocycles. The Morgan fingerprint density at radius 3 is 2.71 bits per heavy atom. The van der Waals surface area contributed by atoms with Crippen molar-refractivity contribution in [3.05, 3.63) is 53.0 Å². The molecule has 1 saturated carbocycles. The first-order valence-corrected chi connectivity index (χ1v) is 12.1. The number of ether oxygens (including phenoxy) is 1. The lowest BCUT2D eigenvalue weighted by molar-refractivity contribution is -0.634. The van der Waals surface area contributed by atoms with Gasteiger partial charge in [0.1, 0.15) is 6.10 Å². The molecule has 1 aliphatic rings. The van der Waals surface area contributed by atoms with Crippen LogP contribution in [0, 0.1) is 17.8 Å². The lowest BCUT2D eigenvalue weighted by Crippen LogP contribution is -2.37. The Morgan fingerprint density at radius 2 is 1.97 bits per heavy atom. The predicted octanol–water partition coefficient (Wildman–Crippen LogP) is 5.90. The number of hydrogen-bond acceptors (Lipinski definition) is 2. The van der Waals surface area contributed by atoms with Crippen LogP contribution in [0.15, 0.2) is 53.0 Å². The minimum atomic E-state index is -0.151. The van der Waals surface area contributed by atoms with E-state index < -0.39 is 0 Å². The van der Waals surface area contributed by atoms with Crippen LogP contribution in [0.5, 0.6) is 0 Å². The van der Waals surface area contributed by atoms with E-state index in [1.165, 1.54) is 6.42 Å². The molecule has 4 nitrogen and oxygen atoms in total. The molecule has 1 heterocycles. The van der Waals surface area contributed by atoms with Gasteiger partial charge in [0.15, 0.2) is 17.6 Å². The van der Waals surface area contributed by atoms with Gasteiger partial charge in [-0.1, -0.05) is 61.3 Å². The van der Waals surface area contributed by atoms with E-state index in [4.69, 9.17) is 4.74 Å². The number of rotatable bonds is 5. The van der Waals surface area contributed by atoms with Crippen LogP contribution in [0.2, 0.25) is 0 Å². The maximum absolute atomic E-state index is 13.2. The summed E-state index contributed by atoms with van der Waals surface area (Å²) in [6, 6.07) is 16.4. The number of aryl methyl sites for hydroxylation is 1. The number of imidazole rings is 1. The number of hydrogen-bond donors (Lipinski definition) is 0. The SMILES string of the molecule is CC(C)[C@@H]1CC[C@@H](C)CC1OC(=O)Cn1c(-c2cccc(Br)c2)[n+](C)c2ccccc21. The maximum atomic E-state index is 13.2. The average molecular weight is 484 g/mol. The van der Waals surface area contributed by atoms with Crippen molar-refractivity contribution in [2.24, 2.45) is 24.8 Å². The van der Waals surface area contributed by atoms with Gasteiger partial charge in [0, 0.05) is 4.47 Å². The highest BCUT2D eigenvalue weighted by Crippen LogP contribution is 2.35. The first kappa shape index (κ1) is 22.1. The summed E-state index contributed by atoms with van der Waals surface area (Å²) in [5.41, 5.74) is 3.19. The lowest BCUT2D eigenvalue weighted by atomic mass is 9.75. The standard InChI is InChI=1S/C26H32BrN2O2/c1-17(2)21-13-12-18(3)14-24(21)31-25(30)16-29-23-11-6-5-10-22(23)28(4)26(29)19-8-7-9-20(27)15-19/h5-11,15,17-18,21,24H,12-14,16H2,1-4H3/q+1/t18-,21+,24?/m1/s1. The van der Waals surface area contributed by atoms with Crippen LogP contribution in [0.25, 0.3) is 22.4 Å². The van der Waals surface area contributed by atoms with Crippen molar-refractivity contribution in [1.82, 2.24) is 4.57 Å². The molecule has 0 amide bonds. The summed E-state index contributed by atoms with van der Waals surface area (Å²) in [6.45, 7) is 6.96. The number of halogens is 1. The van der Waals surface area contributed by atoms with Crippen molar-refractivity contribution >= 4 is 32.9 Å². The Hall–Kier alpha value is -2.14. The number of carbonyl (C=O) groups is 1. The molecular formula is C26H32BrN2O2+. The van der Waals surface area contributed by atoms with Crippen LogP contribution in [0.3, 0.4) is 0 Å². The first-order chi connectivity index (χ1) is 14.8. The molecule has 0 aliphatic heterocycles. The molecule has 164 valence electrons. The third-order valence-electron chi connectivity index (χ3n) is 6.72. The highest BCUT2D eigenvalue weighted by molar-refractivity contribution is 9.10. The quantitative estimate of drug-likeness (QED) is 0.334. The minimum Gasteiger partial charge on any atom is -0.459 e. The number of para-hydroxylation sites is 2. The molecule has 0 spiro atoms. The highest BCUT2D eigenvalue weighted by atomic mass is 79.9. The van der Waals surface area contributed by atoms with E-state index in [0.717, 1.165) is 39.7 Å². The van der Waals surface area contributed by atoms with Crippen molar-refractivity contribution in [1.29, 1.82) is 0 Å². The molecule has 1 fully saturated rings. The number of benzene rings is 2. The fraction of sp³-hybridized carbons (Fsp3) is 0.462. The van der Waals surface area contributed by atoms with Gasteiger partial charge in [-0.05, 0) is 60.9 Å². The van der Waals surface area contributed by atoms with Gasteiger partial charge in [-0.15, -0.1) is 0 Å². The van der Waals surface area contributed by atoms with Gasteiger partial charge in [-0.3, -0.25) is 0 Å². The summed E-state index contributed by atoms with van der Waals surface area (Å²) in [5, 5.41) is 0. The predicted molar refractivity (Wildman–Crippen MR) is 127 cm³/mol. The zero-order chi connectivity index (χ0) is 22.1. The Balaban J connectivity index is 1.68. The van der Waals surface area contributed by atoms with Crippen LogP contribution < -0.4 is 4.57 Å². The smallest absolute Gasteiger partial charge is 0.348 e. The van der Waals surface area contributed by atoms with E-state index in [9.17, 15) is 4.79 Å². The minimum absolute atomic E-state index is 0.0150. The third-order valence-corrected chi connectivity index (χ3v) is 7.21. The Labute approximate surface area is 193 Å². The number of nitrogens with zero attached hydrogens (tertiary/aromatic N) is 2. The van der Waals surface area contributed by atoms with Crippen LogP contribution >= 0.6 is 15.9 Å². The molecule has 0 N–H and O–H groups in total. The molecule has 0 bridgehead atoms. The van der Waals surface area contributed by atoms with Gasteiger partial charge in [-0.2, -0.15) is 0 Å². The summed E-state index contributed by atoms with van der Waals surface area (Å²) < 4.78 is 11.4. The fourth-order valence-corrected chi connectivity index (χ4v) is 5.51. The maximum Gasteiger partial charge on any atom is 0.348 e. The topological polar surface area (TPSA) is 35.1 Å². The van der Waals surface area contributed by atoms with Gasteiger partial charge in [0.05, 0.1) is 12.6 Å². The molecule has 0 saturated heterocycles. The van der Waals surface area contributed by atoms with Crippen molar-refractivity contribution in [3.63, 3.8) is 0 Å². The summed E-state index contributed by atoms with van der Waals surface area (Å²) >= 11 is 3.58. The molecular weight excluding hydrogens is 452 g/mol. The van der Waals surface area contributed by atoms with Crippen molar-refractivity contribution in [2.45, 2.75) is 52.7 Å². The second kappa shape index (κ2) is 9.15. The number of aromatic nitrogens is 2. The lowest BCUT2D eigenvalue weighted by Gasteiger charge is -2.36. The monoisotopic (exact) mass is 483 g/mol. The van der Waals surface area contributed by atoms with Crippen LogP contribution in [0.4, 0.5) is 0 Å². The molecule has 2 aromatic carbocycles. The fourth-order valence-electron chi connectivity index (χ4n) is 5.11. The van der Waals surface area contributed by atoms with E-state index in [0.29, 0.717) is 17.8 Å². The van der Waals surface area contributed by atoms with Crippen molar-refractivity contribution in [2.75, 3.05) is 0 Å². The number of fused-ring (bicyclic) bond motifs is 1. The largest absolute Gasteiger partial charge is 0.459 e. The third kappa shape index (κ3) is 4.57. The van der Waals surface area contributed by atoms with Gasteiger partial charge in [-0.25, -0.2) is 13.9 Å². The van der Waals surface area contributed by atoms with E-state index in [2.05, 4.69) is 77.1 Å². The van der Waals surface area contributed by atoms with Crippen LogP contribution in [0.1, 0.15) is 40.0 Å². The second-order valence-electron chi connectivity index (χ2n) is 9.32. The molecule has 3 aromatic rings. The normalized spacial score (nSPS) is 21.5. The Morgan fingerprint density at radius 1 is 1.19 bits per heavy atom. The zero-order valence-corrected chi connectivity index (χ0v) is 20.4. The zero-order valence-electron chi connectivity index (χ0n) is 18.8. The van der Waals surface area contributed by atoms with Gasteiger partial charge in [0.25, 0.3) is 5.82 Å². The number of esters is 1. The number of carbonyl (C=O) groups excluding carboxylic acids is 1. The Kier molecular flexibility index (Phi) is 6.52. The molecule has 31 heavy (non-hydrogen) atoms. The summed E-state index contributed by atoms with van der Waals surface area (Å²) in [6.07, 6.45) is 3.35. The second-order valence-corrected chi connectivity index (χ2v) is 10.2. The van der Waals surface area contributed by atoms with Crippen molar-refractivity contribution < 1.29 is 14.1 Å². The summed E-state index contributed by atoms with van der Waals surface area (Å²) in [4.78, 5) is 13.2. The van der Waals surface area contributed by atoms with E-state index in [1.54, 1.807) is 0 Å². The average Bonchev–Trinajstić information content (AvgIpc) is 2.99. The van der Waals surface area contributed by atoms with Crippen LogP contribution in [-0.2, 0) is 23.1 Å². The molecule has 1 aromatic heterocycles. The molecule has 4 rings (SSSR count). The molecule has 5 heteroatoms. The Bertz CT molecular complexity index is 1090. The van der Waals surface area contributed by atoms with Gasteiger partial charge < -0.3 is 4.74 Å². The van der Waals surface area contributed by atoms with Crippen LogP contribution in [-0.4, -0.2) is 16.6 Å². The molecule has 0 radical (unpaired) electrons. The van der Waals surface area contributed by atoms with Gasteiger partial charge in [0.2, 0.25) is 0 Å². The van der Waals surface area contributed by atoms with E-state index in [-0.39, 0.29) is 18.6 Å².